The molecule has 0 fully saturated rings. The van der Waals surface area contributed by atoms with Crippen molar-refractivity contribution >= 4 is 17.6 Å². The molecule has 1 atom stereocenters. The molecular formula is C8H9ClNO4-. The van der Waals surface area contributed by atoms with Crippen LogP contribution in [0.25, 0.3) is 0 Å². The number of hydrogen-bond acceptors (Lipinski definition) is 5. The van der Waals surface area contributed by atoms with Gasteiger partial charge in [0.15, 0.2) is 6.04 Å². The zero-order valence-corrected chi connectivity index (χ0v) is 8.45. The van der Waals surface area contributed by atoms with Crippen LogP contribution in [-0.2, 0) is 14.3 Å². The Morgan fingerprint density at radius 2 is 2.21 bits per heavy atom. The molecule has 0 aromatic rings. The van der Waals surface area contributed by atoms with Gasteiger partial charge >= 0.3 is 5.97 Å². The number of ether oxygens (including phenoxy) is 2. The lowest BCUT2D eigenvalue weighted by atomic mass is 10.2. The second kappa shape index (κ2) is 4.34. The summed E-state index contributed by atoms with van der Waals surface area (Å²) in [5.41, 5.74) is 0. The van der Waals surface area contributed by atoms with E-state index in [9.17, 15) is 10.0 Å². The summed E-state index contributed by atoms with van der Waals surface area (Å²) in [5, 5.41) is 11.6. The SMILES string of the molecule is COC(=O)C1C(OC)=CC=C(Cl)N1[O-]. The molecule has 1 unspecified atom stereocenters. The van der Waals surface area contributed by atoms with Gasteiger partial charge in [0.25, 0.3) is 0 Å². The van der Waals surface area contributed by atoms with E-state index in [4.69, 9.17) is 16.3 Å². The topological polar surface area (TPSA) is 61.8 Å². The third kappa shape index (κ3) is 1.83. The molecule has 5 nitrogen and oxygen atoms in total. The van der Waals surface area contributed by atoms with Crippen LogP contribution in [0.3, 0.4) is 0 Å². The van der Waals surface area contributed by atoms with Crippen LogP contribution in [0.1, 0.15) is 0 Å². The highest BCUT2D eigenvalue weighted by Gasteiger charge is 2.29. The van der Waals surface area contributed by atoms with Crippen LogP contribution in [-0.4, -0.2) is 31.3 Å². The van der Waals surface area contributed by atoms with Gasteiger partial charge in [0.2, 0.25) is 0 Å². The second-order valence-electron chi connectivity index (χ2n) is 2.51. The Morgan fingerprint density at radius 1 is 1.57 bits per heavy atom. The van der Waals surface area contributed by atoms with Crippen molar-refractivity contribution < 1.29 is 14.3 Å². The highest BCUT2D eigenvalue weighted by molar-refractivity contribution is 6.29. The Morgan fingerprint density at radius 3 is 2.71 bits per heavy atom. The van der Waals surface area contributed by atoms with Gasteiger partial charge in [0.1, 0.15) is 5.76 Å². The van der Waals surface area contributed by atoms with Crippen molar-refractivity contribution in [2.45, 2.75) is 6.04 Å². The summed E-state index contributed by atoms with van der Waals surface area (Å²) in [6.45, 7) is 0. The van der Waals surface area contributed by atoms with E-state index in [1.807, 2.05) is 0 Å². The molecule has 0 saturated carbocycles. The molecule has 78 valence electrons. The van der Waals surface area contributed by atoms with Gasteiger partial charge in [-0.05, 0) is 12.2 Å². The van der Waals surface area contributed by atoms with Crippen LogP contribution in [0.2, 0.25) is 0 Å². The number of esters is 1. The molecule has 0 aromatic carbocycles. The molecule has 1 aliphatic heterocycles. The monoisotopic (exact) mass is 218 g/mol. The molecule has 1 heterocycles. The first-order valence-electron chi connectivity index (χ1n) is 3.77. The highest BCUT2D eigenvalue weighted by Crippen LogP contribution is 2.24. The molecule has 0 N–H and O–H groups in total. The Bertz CT molecular complexity index is 300. The minimum Gasteiger partial charge on any atom is -0.757 e. The summed E-state index contributed by atoms with van der Waals surface area (Å²) in [4.78, 5) is 11.2. The maximum absolute atomic E-state index is 11.4. The van der Waals surface area contributed by atoms with E-state index in [0.717, 1.165) is 0 Å². The van der Waals surface area contributed by atoms with Crippen LogP contribution in [0.4, 0.5) is 0 Å². The zero-order valence-electron chi connectivity index (χ0n) is 7.69. The summed E-state index contributed by atoms with van der Waals surface area (Å²) < 4.78 is 9.31. The number of carbonyl (C=O) groups is 1. The molecule has 6 heteroatoms. The fourth-order valence-electron chi connectivity index (χ4n) is 1.06. The number of hydroxylamine groups is 2. The number of halogens is 1. The quantitative estimate of drug-likeness (QED) is 0.510. The Hall–Kier alpha value is -1.20. The molecule has 0 spiro atoms. The summed E-state index contributed by atoms with van der Waals surface area (Å²) in [7, 11) is 2.55. The highest BCUT2D eigenvalue weighted by atomic mass is 35.5. The minimum absolute atomic E-state index is 0.0822. The van der Waals surface area contributed by atoms with Gasteiger partial charge in [0, 0.05) is 0 Å². The summed E-state index contributed by atoms with van der Waals surface area (Å²) in [5.74, 6) is -0.504. The zero-order chi connectivity index (χ0) is 10.7. The first-order chi connectivity index (χ1) is 6.61. The van der Waals surface area contributed by atoms with Crippen molar-refractivity contribution in [3.05, 3.63) is 28.3 Å². The number of hydrogen-bond donors (Lipinski definition) is 0. The summed E-state index contributed by atoms with van der Waals surface area (Å²) in [6.07, 6.45) is 2.81. The first-order valence-corrected chi connectivity index (χ1v) is 4.15. The van der Waals surface area contributed by atoms with Gasteiger partial charge in [-0.1, -0.05) is 11.6 Å². The Labute approximate surface area is 86.1 Å². The fourth-order valence-corrected chi connectivity index (χ4v) is 1.22. The van der Waals surface area contributed by atoms with Crippen LogP contribution in [0.15, 0.2) is 23.1 Å². The average Bonchev–Trinajstić information content (AvgIpc) is 2.20. The average molecular weight is 219 g/mol. The van der Waals surface area contributed by atoms with E-state index >= 15 is 0 Å². The number of carbonyl (C=O) groups excluding carboxylic acids is 1. The maximum Gasteiger partial charge on any atom is 0.335 e. The van der Waals surface area contributed by atoms with Crippen LogP contribution in [0, 0.1) is 5.21 Å². The predicted molar refractivity (Wildman–Crippen MR) is 50.0 cm³/mol. The molecule has 0 aliphatic carbocycles. The van der Waals surface area contributed by atoms with E-state index in [1.54, 1.807) is 0 Å². The Balaban J connectivity index is 2.97. The standard InChI is InChI=1S/C8H9ClNO4/c1-13-5-3-4-6(9)10(12)7(5)8(11)14-2/h3-4,7H,1-2H3/q-1. The molecule has 0 radical (unpaired) electrons. The predicted octanol–water partition coefficient (Wildman–Crippen LogP) is 0.952. The Kier molecular flexibility index (Phi) is 3.38. The minimum atomic E-state index is -1.15. The largest absolute Gasteiger partial charge is 0.757 e. The lowest BCUT2D eigenvalue weighted by Gasteiger charge is -2.38. The van der Waals surface area contributed by atoms with Crippen LogP contribution >= 0.6 is 11.6 Å². The van der Waals surface area contributed by atoms with Gasteiger partial charge in [-0.15, -0.1) is 0 Å². The number of allylic oxidation sites excluding steroid dienone is 2. The van der Waals surface area contributed by atoms with Crippen molar-refractivity contribution in [3.8, 4) is 0 Å². The van der Waals surface area contributed by atoms with E-state index in [1.165, 1.54) is 26.4 Å². The smallest absolute Gasteiger partial charge is 0.335 e. The molecule has 1 rings (SSSR count). The fraction of sp³-hybridized carbons (Fsp3) is 0.375. The number of rotatable bonds is 2. The van der Waals surface area contributed by atoms with E-state index in [-0.39, 0.29) is 10.9 Å². The van der Waals surface area contributed by atoms with E-state index in [0.29, 0.717) is 5.06 Å². The van der Waals surface area contributed by atoms with Crippen molar-refractivity contribution in [3.63, 3.8) is 0 Å². The van der Waals surface area contributed by atoms with Gasteiger partial charge in [-0.25, -0.2) is 4.79 Å². The third-order valence-electron chi connectivity index (χ3n) is 1.76. The molecule has 0 saturated heterocycles. The molecule has 0 aromatic heterocycles. The van der Waals surface area contributed by atoms with E-state index in [2.05, 4.69) is 4.74 Å². The molecule has 0 amide bonds. The van der Waals surface area contributed by atoms with Crippen molar-refractivity contribution in [1.29, 1.82) is 0 Å². The summed E-state index contributed by atoms with van der Waals surface area (Å²) >= 11 is 5.55. The normalized spacial score (nSPS) is 21.1. The number of nitrogens with zero attached hydrogens (tertiary/aromatic N) is 1. The van der Waals surface area contributed by atoms with Gasteiger partial charge in [-0.2, -0.15) is 0 Å². The van der Waals surface area contributed by atoms with Gasteiger partial charge in [-0.3, -0.25) is 0 Å². The van der Waals surface area contributed by atoms with Gasteiger partial charge in [0.05, 0.1) is 19.4 Å². The van der Waals surface area contributed by atoms with Crippen molar-refractivity contribution in [2.75, 3.05) is 14.2 Å². The lowest BCUT2D eigenvalue weighted by Crippen LogP contribution is -2.40. The molecular weight excluding hydrogens is 210 g/mol. The summed E-state index contributed by atoms with van der Waals surface area (Å²) in [6, 6.07) is -1.15. The first kappa shape index (κ1) is 10.9. The van der Waals surface area contributed by atoms with Crippen LogP contribution < -0.4 is 0 Å². The van der Waals surface area contributed by atoms with Crippen molar-refractivity contribution in [1.82, 2.24) is 5.06 Å². The maximum atomic E-state index is 11.4. The van der Waals surface area contributed by atoms with Gasteiger partial charge < -0.3 is 19.7 Å². The van der Waals surface area contributed by atoms with Crippen molar-refractivity contribution in [2.24, 2.45) is 0 Å². The molecule has 14 heavy (non-hydrogen) atoms. The molecule has 1 aliphatic rings. The third-order valence-corrected chi connectivity index (χ3v) is 2.05. The van der Waals surface area contributed by atoms with E-state index < -0.39 is 12.0 Å². The lowest BCUT2D eigenvalue weighted by molar-refractivity contribution is -0.145. The van der Waals surface area contributed by atoms with Crippen LogP contribution in [0.5, 0.6) is 0 Å². The second-order valence-corrected chi connectivity index (χ2v) is 2.90. The molecule has 0 bridgehead atoms. The number of methoxy groups -OCH3 is 2.